The molecule has 1 aromatic rings. The Morgan fingerprint density at radius 3 is 2.52 bits per heavy atom. The van der Waals surface area contributed by atoms with E-state index in [9.17, 15) is 20.0 Å². The number of nitro groups is 1. The van der Waals surface area contributed by atoms with Crippen LogP contribution in [-0.4, -0.2) is 28.6 Å². The highest BCUT2D eigenvalue weighted by molar-refractivity contribution is 5.78. The summed E-state index contributed by atoms with van der Waals surface area (Å²) in [4.78, 5) is 21.9. The van der Waals surface area contributed by atoms with Gasteiger partial charge in [0.05, 0.1) is 17.4 Å². The summed E-state index contributed by atoms with van der Waals surface area (Å²) in [6.45, 7) is 0.274. The first-order valence-corrected chi connectivity index (χ1v) is 7.24. The molecule has 0 spiro atoms. The van der Waals surface area contributed by atoms with Gasteiger partial charge in [-0.15, -0.1) is 0 Å². The van der Waals surface area contributed by atoms with Gasteiger partial charge in [0.2, 0.25) is 5.91 Å². The molecule has 2 N–H and O–H groups in total. The van der Waals surface area contributed by atoms with E-state index in [0.29, 0.717) is 11.5 Å². The normalized spacial score (nSPS) is 16.6. The van der Waals surface area contributed by atoms with E-state index in [2.05, 4.69) is 5.32 Å². The zero-order valence-corrected chi connectivity index (χ0v) is 11.8. The summed E-state index contributed by atoms with van der Waals surface area (Å²) in [6.07, 6.45) is 4.04. The first-order chi connectivity index (χ1) is 10.1. The minimum Gasteiger partial charge on any atom is -0.391 e. The van der Waals surface area contributed by atoms with Crippen molar-refractivity contribution in [3.63, 3.8) is 0 Å². The molecule has 21 heavy (non-hydrogen) atoms. The summed E-state index contributed by atoms with van der Waals surface area (Å²) in [5.74, 6) is 0.116. The van der Waals surface area contributed by atoms with E-state index in [0.717, 1.165) is 25.7 Å². The largest absolute Gasteiger partial charge is 0.391 e. The van der Waals surface area contributed by atoms with Crippen molar-refractivity contribution >= 4 is 11.6 Å². The van der Waals surface area contributed by atoms with Crippen LogP contribution in [0.4, 0.5) is 5.69 Å². The number of nitrogens with one attached hydrogen (secondary N) is 1. The molecule has 2 rings (SSSR count). The second kappa shape index (κ2) is 7.17. The number of nitrogens with zero attached hydrogens (tertiary/aromatic N) is 1. The molecule has 0 aromatic heterocycles. The highest BCUT2D eigenvalue weighted by Crippen LogP contribution is 2.27. The number of carbonyl (C=O) groups is 1. The third-order valence-corrected chi connectivity index (χ3v) is 3.96. The van der Waals surface area contributed by atoms with Crippen LogP contribution in [0.1, 0.15) is 31.2 Å². The number of aliphatic hydroxyl groups excluding tert-OH is 1. The van der Waals surface area contributed by atoms with Gasteiger partial charge in [-0.1, -0.05) is 25.0 Å². The fourth-order valence-electron chi connectivity index (χ4n) is 2.71. The zero-order valence-electron chi connectivity index (χ0n) is 11.8. The predicted octanol–water partition coefficient (Wildman–Crippen LogP) is 1.80. The lowest BCUT2D eigenvalue weighted by Crippen LogP contribution is -2.36. The molecular weight excluding hydrogens is 272 g/mol. The molecule has 1 fully saturated rings. The minimum absolute atomic E-state index is 0.0100. The SMILES string of the molecule is O=C(Cc1ccc([N+](=O)[O-])cc1)NCC(O)C1CCCC1. The number of benzene rings is 1. The number of amides is 1. The van der Waals surface area contributed by atoms with Crippen molar-refractivity contribution < 1.29 is 14.8 Å². The van der Waals surface area contributed by atoms with Gasteiger partial charge in [0.25, 0.3) is 5.69 Å². The molecule has 0 radical (unpaired) electrons. The molecule has 0 heterocycles. The van der Waals surface area contributed by atoms with Crippen molar-refractivity contribution in [2.45, 2.75) is 38.2 Å². The first kappa shape index (κ1) is 15.4. The Kier molecular flexibility index (Phi) is 5.27. The zero-order chi connectivity index (χ0) is 15.2. The van der Waals surface area contributed by atoms with Crippen LogP contribution in [0.2, 0.25) is 0 Å². The average Bonchev–Trinajstić information content (AvgIpc) is 2.99. The highest BCUT2D eigenvalue weighted by atomic mass is 16.6. The molecule has 114 valence electrons. The lowest BCUT2D eigenvalue weighted by atomic mass is 10.0. The molecule has 1 aliphatic carbocycles. The Balaban J connectivity index is 1.77. The van der Waals surface area contributed by atoms with Crippen molar-refractivity contribution in [3.05, 3.63) is 39.9 Å². The van der Waals surface area contributed by atoms with Crippen molar-refractivity contribution in [2.24, 2.45) is 5.92 Å². The lowest BCUT2D eigenvalue weighted by Gasteiger charge is -2.18. The summed E-state index contributed by atoms with van der Waals surface area (Å²) >= 11 is 0. The second-order valence-corrected chi connectivity index (χ2v) is 5.52. The summed E-state index contributed by atoms with van der Waals surface area (Å²) in [5.41, 5.74) is 0.726. The summed E-state index contributed by atoms with van der Waals surface area (Å²) in [7, 11) is 0. The van der Waals surface area contributed by atoms with E-state index >= 15 is 0 Å². The fraction of sp³-hybridized carbons (Fsp3) is 0.533. The summed E-state index contributed by atoms with van der Waals surface area (Å²) in [6, 6.07) is 5.92. The molecule has 1 aromatic carbocycles. The number of hydrogen-bond acceptors (Lipinski definition) is 4. The van der Waals surface area contributed by atoms with Crippen LogP contribution in [0.3, 0.4) is 0 Å². The molecule has 0 aliphatic heterocycles. The van der Waals surface area contributed by atoms with E-state index in [1.807, 2.05) is 0 Å². The van der Waals surface area contributed by atoms with Crippen LogP contribution in [0.25, 0.3) is 0 Å². The Hall–Kier alpha value is -1.95. The summed E-state index contributed by atoms with van der Waals surface area (Å²) < 4.78 is 0. The first-order valence-electron chi connectivity index (χ1n) is 7.24. The number of nitro benzene ring substituents is 1. The molecule has 6 nitrogen and oxygen atoms in total. The van der Waals surface area contributed by atoms with Crippen LogP contribution in [0.5, 0.6) is 0 Å². The molecule has 6 heteroatoms. The van der Waals surface area contributed by atoms with Gasteiger partial charge in [-0.2, -0.15) is 0 Å². The number of aliphatic hydroxyl groups is 1. The smallest absolute Gasteiger partial charge is 0.269 e. The Morgan fingerprint density at radius 1 is 1.33 bits per heavy atom. The molecular formula is C15H20N2O4. The van der Waals surface area contributed by atoms with Gasteiger partial charge >= 0.3 is 0 Å². The Bertz CT molecular complexity index is 495. The molecule has 1 unspecified atom stereocenters. The van der Waals surface area contributed by atoms with Gasteiger partial charge in [0.15, 0.2) is 0 Å². The number of hydrogen-bond donors (Lipinski definition) is 2. The van der Waals surface area contributed by atoms with Crippen molar-refractivity contribution in [1.82, 2.24) is 5.32 Å². The number of carbonyl (C=O) groups excluding carboxylic acids is 1. The third-order valence-electron chi connectivity index (χ3n) is 3.96. The van der Waals surface area contributed by atoms with E-state index in [-0.39, 0.29) is 24.6 Å². The van der Waals surface area contributed by atoms with E-state index < -0.39 is 11.0 Å². The molecule has 1 aliphatic rings. The molecule has 1 atom stereocenters. The van der Waals surface area contributed by atoms with Crippen LogP contribution in [0, 0.1) is 16.0 Å². The van der Waals surface area contributed by atoms with Crippen LogP contribution < -0.4 is 5.32 Å². The third kappa shape index (κ3) is 4.53. The average molecular weight is 292 g/mol. The fourth-order valence-corrected chi connectivity index (χ4v) is 2.71. The van der Waals surface area contributed by atoms with E-state index in [4.69, 9.17) is 0 Å². The van der Waals surface area contributed by atoms with Crippen molar-refractivity contribution in [3.8, 4) is 0 Å². The standard InChI is InChI=1S/C15H20N2O4/c18-14(12-3-1-2-4-12)10-16-15(19)9-11-5-7-13(8-6-11)17(20)21/h5-8,12,14,18H,1-4,9-10H2,(H,16,19). The van der Waals surface area contributed by atoms with Crippen LogP contribution in [-0.2, 0) is 11.2 Å². The topological polar surface area (TPSA) is 92.5 Å². The van der Waals surface area contributed by atoms with Gasteiger partial charge in [-0.25, -0.2) is 0 Å². The maximum absolute atomic E-state index is 11.8. The quantitative estimate of drug-likeness (QED) is 0.617. The van der Waals surface area contributed by atoms with Crippen molar-refractivity contribution in [1.29, 1.82) is 0 Å². The Labute approximate surface area is 123 Å². The second-order valence-electron chi connectivity index (χ2n) is 5.52. The van der Waals surface area contributed by atoms with Crippen LogP contribution in [0.15, 0.2) is 24.3 Å². The maximum atomic E-state index is 11.8. The molecule has 0 bridgehead atoms. The maximum Gasteiger partial charge on any atom is 0.269 e. The monoisotopic (exact) mass is 292 g/mol. The van der Waals surface area contributed by atoms with Gasteiger partial charge in [-0.3, -0.25) is 14.9 Å². The van der Waals surface area contributed by atoms with E-state index in [1.54, 1.807) is 12.1 Å². The number of non-ortho nitro benzene ring substituents is 1. The lowest BCUT2D eigenvalue weighted by molar-refractivity contribution is -0.384. The van der Waals surface area contributed by atoms with Gasteiger partial charge in [-0.05, 0) is 24.3 Å². The van der Waals surface area contributed by atoms with Crippen LogP contribution >= 0.6 is 0 Å². The number of rotatable bonds is 6. The Morgan fingerprint density at radius 2 is 1.95 bits per heavy atom. The predicted molar refractivity (Wildman–Crippen MR) is 77.8 cm³/mol. The minimum atomic E-state index is -0.478. The molecule has 1 saturated carbocycles. The van der Waals surface area contributed by atoms with E-state index in [1.165, 1.54) is 12.1 Å². The van der Waals surface area contributed by atoms with Crippen molar-refractivity contribution in [2.75, 3.05) is 6.54 Å². The molecule has 1 amide bonds. The summed E-state index contributed by atoms with van der Waals surface area (Å²) in [5, 5.41) is 23.2. The van der Waals surface area contributed by atoms with Gasteiger partial charge in [0, 0.05) is 18.7 Å². The van der Waals surface area contributed by atoms with Gasteiger partial charge < -0.3 is 10.4 Å². The van der Waals surface area contributed by atoms with Gasteiger partial charge in [0.1, 0.15) is 0 Å². The highest BCUT2D eigenvalue weighted by Gasteiger charge is 2.23. The molecule has 0 saturated heterocycles.